The van der Waals surface area contributed by atoms with E-state index in [4.69, 9.17) is 0 Å². The summed E-state index contributed by atoms with van der Waals surface area (Å²) >= 11 is 1.18. The molecule has 0 bridgehead atoms. The summed E-state index contributed by atoms with van der Waals surface area (Å²) in [5.41, 5.74) is 4.31. The lowest BCUT2D eigenvalue weighted by Gasteiger charge is -2.14. The number of aromatic nitrogens is 1. The molecule has 9 nitrogen and oxygen atoms in total. The number of hydrogen-bond acceptors (Lipinski definition) is 9. The maximum absolute atomic E-state index is 11.3. The van der Waals surface area contributed by atoms with Crippen molar-refractivity contribution in [1.29, 1.82) is 5.26 Å². The van der Waals surface area contributed by atoms with Crippen LogP contribution in [0.4, 0.5) is 22.1 Å². The fourth-order valence-electron chi connectivity index (χ4n) is 2.18. The van der Waals surface area contributed by atoms with Crippen molar-refractivity contribution >= 4 is 39.1 Å². The van der Waals surface area contributed by atoms with E-state index in [1.807, 2.05) is 36.4 Å². The zero-order valence-corrected chi connectivity index (χ0v) is 15.5. The summed E-state index contributed by atoms with van der Waals surface area (Å²) in [5, 5.41) is 42.1. The number of azo groups is 1. The molecule has 3 aromatic rings. The third-order valence-electron chi connectivity index (χ3n) is 3.54. The number of nitrogens with zero attached hydrogens (tertiary/aromatic N) is 5. The molecule has 0 spiro atoms. The summed E-state index contributed by atoms with van der Waals surface area (Å²) in [6.45, 7) is 1.77. The summed E-state index contributed by atoms with van der Waals surface area (Å²) in [4.78, 5) is 4.32. The smallest absolute Gasteiger partial charge is 0.196 e. The number of benzene rings is 2. The second kappa shape index (κ2) is 8.94. The fourth-order valence-corrected chi connectivity index (χ4v) is 3.01. The fraction of sp³-hybridized carbons (Fsp3) is 0.0556. The van der Waals surface area contributed by atoms with E-state index in [2.05, 4.69) is 25.7 Å². The maximum atomic E-state index is 11.3. The van der Waals surface area contributed by atoms with Gasteiger partial charge in [-0.15, -0.1) is 10.2 Å². The van der Waals surface area contributed by atoms with Gasteiger partial charge in [0.25, 0.3) is 0 Å². The molecule has 1 heterocycles. The van der Waals surface area contributed by atoms with Crippen molar-refractivity contribution < 1.29 is 10.4 Å². The second-order valence-electron chi connectivity index (χ2n) is 5.48. The van der Waals surface area contributed by atoms with E-state index in [-0.39, 0.29) is 17.1 Å². The van der Waals surface area contributed by atoms with Crippen LogP contribution in [0.5, 0.6) is 0 Å². The molecular weight excluding hydrogens is 378 g/mol. The minimum atomic E-state index is -1.09. The molecule has 3 N–H and O–H groups in total. The molecule has 1 atom stereocenters. The van der Waals surface area contributed by atoms with E-state index < -0.39 is 5.23 Å². The molecule has 3 rings (SSSR count). The lowest BCUT2D eigenvalue weighted by atomic mass is 10.3. The highest BCUT2D eigenvalue weighted by molar-refractivity contribution is 7.17. The minimum Gasteiger partial charge on any atom is -0.595 e. The molecule has 0 amide bonds. The van der Waals surface area contributed by atoms with E-state index in [0.717, 1.165) is 0 Å². The van der Waals surface area contributed by atoms with Crippen molar-refractivity contribution in [2.24, 2.45) is 15.3 Å². The largest absolute Gasteiger partial charge is 0.595 e. The van der Waals surface area contributed by atoms with E-state index in [9.17, 15) is 15.7 Å². The Morgan fingerprint density at radius 2 is 1.89 bits per heavy atom. The van der Waals surface area contributed by atoms with Crippen molar-refractivity contribution in [3.8, 4) is 6.07 Å². The maximum Gasteiger partial charge on any atom is 0.196 e. The standard InChI is InChI=1S/C18H15N7O2S/c1-12-17(24-21-13-7-3-2-4-8-13)28-18(20-12)15(11-19)23-22-14-9-5-6-10-16(14)25(26)27/h2-10,22,25-26H,1H3. The van der Waals surface area contributed by atoms with Crippen LogP contribution >= 0.6 is 11.3 Å². The van der Waals surface area contributed by atoms with Crippen molar-refractivity contribution in [1.82, 2.24) is 4.98 Å². The molecule has 10 heteroatoms. The molecule has 140 valence electrons. The van der Waals surface area contributed by atoms with E-state index in [0.29, 0.717) is 21.4 Å². The molecule has 0 radical (unpaired) electrons. The summed E-state index contributed by atoms with van der Waals surface area (Å²) in [5.74, 6) is 0. The summed E-state index contributed by atoms with van der Waals surface area (Å²) in [7, 11) is 0. The molecule has 0 aliphatic carbocycles. The van der Waals surface area contributed by atoms with Crippen LogP contribution in [0.2, 0.25) is 0 Å². The topological polar surface area (TPSA) is 134 Å². The van der Waals surface area contributed by atoms with Gasteiger partial charge >= 0.3 is 0 Å². The highest BCUT2D eigenvalue weighted by Crippen LogP contribution is 2.29. The lowest BCUT2D eigenvalue weighted by Crippen LogP contribution is -2.99. The van der Waals surface area contributed by atoms with Crippen LogP contribution in [-0.4, -0.2) is 15.9 Å². The van der Waals surface area contributed by atoms with E-state index in [1.165, 1.54) is 17.4 Å². The SMILES string of the molecule is Cc1nc(C(C#N)=NNc2ccccc2[NH+]([O-])O)sc1N=Nc1ccccc1. The Morgan fingerprint density at radius 3 is 2.61 bits per heavy atom. The normalized spacial score (nSPS) is 12.7. The molecule has 2 aromatic carbocycles. The minimum absolute atomic E-state index is 0.0226. The summed E-state index contributed by atoms with van der Waals surface area (Å²) < 4.78 is 0. The van der Waals surface area contributed by atoms with Crippen LogP contribution < -0.4 is 10.7 Å². The van der Waals surface area contributed by atoms with Crippen molar-refractivity contribution in [2.75, 3.05) is 5.43 Å². The summed E-state index contributed by atoms with van der Waals surface area (Å²) in [6, 6.07) is 17.5. The van der Waals surface area contributed by atoms with Crippen LogP contribution in [0, 0.1) is 23.5 Å². The van der Waals surface area contributed by atoms with Gasteiger partial charge in [0.1, 0.15) is 11.8 Å². The number of aryl methyl sites for hydroxylation is 1. The lowest BCUT2D eigenvalue weighted by molar-refractivity contribution is -0.990. The van der Waals surface area contributed by atoms with Crippen LogP contribution in [0.1, 0.15) is 10.7 Å². The van der Waals surface area contributed by atoms with Gasteiger partial charge in [-0.05, 0) is 25.1 Å². The number of quaternary nitrogens is 1. The number of anilines is 1. The Kier molecular flexibility index (Phi) is 6.15. The molecule has 1 aromatic heterocycles. The van der Waals surface area contributed by atoms with Crippen molar-refractivity contribution in [3.63, 3.8) is 0 Å². The number of hydrogen-bond donors (Lipinski definition) is 3. The van der Waals surface area contributed by atoms with Gasteiger partial charge in [-0.25, -0.2) is 10.2 Å². The number of rotatable bonds is 6. The number of nitriles is 1. The van der Waals surface area contributed by atoms with Crippen molar-refractivity contribution in [2.45, 2.75) is 6.92 Å². The van der Waals surface area contributed by atoms with Gasteiger partial charge in [0.2, 0.25) is 0 Å². The zero-order chi connectivity index (χ0) is 19.9. The number of nitrogens with one attached hydrogen (secondary N) is 2. The Bertz CT molecular complexity index is 1060. The monoisotopic (exact) mass is 393 g/mol. The van der Waals surface area contributed by atoms with Gasteiger partial charge in [-0.3, -0.25) is 5.43 Å². The summed E-state index contributed by atoms with van der Waals surface area (Å²) in [6.07, 6.45) is 0. The average Bonchev–Trinajstić information content (AvgIpc) is 3.08. The zero-order valence-electron chi connectivity index (χ0n) is 14.7. The van der Waals surface area contributed by atoms with Gasteiger partial charge in [-0.1, -0.05) is 41.7 Å². The van der Waals surface area contributed by atoms with Gasteiger partial charge in [0, 0.05) is 6.07 Å². The van der Waals surface area contributed by atoms with E-state index in [1.54, 1.807) is 25.1 Å². The highest BCUT2D eigenvalue weighted by atomic mass is 32.1. The first kappa shape index (κ1) is 19.3. The van der Waals surface area contributed by atoms with Crippen LogP contribution in [0.25, 0.3) is 0 Å². The van der Waals surface area contributed by atoms with Gasteiger partial charge in [0.05, 0.1) is 11.4 Å². The third kappa shape index (κ3) is 4.61. The number of para-hydroxylation sites is 2. The molecule has 0 aliphatic rings. The van der Waals surface area contributed by atoms with Crippen LogP contribution in [0.3, 0.4) is 0 Å². The van der Waals surface area contributed by atoms with E-state index >= 15 is 0 Å². The Balaban J connectivity index is 1.83. The van der Waals surface area contributed by atoms with Gasteiger partial charge in [-0.2, -0.15) is 15.6 Å². The Morgan fingerprint density at radius 1 is 1.18 bits per heavy atom. The highest BCUT2D eigenvalue weighted by Gasteiger charge is 2.14. The Hall–Kier alpha value is -3.49. The second-order valence-corrected chi connectivity index (χ2v) is 6.46. The molecule has 0 saturated carbocycles. The quantitative estimate of drug-likeness (QED) is 0.334. The molecule has 1 unspecified atom stereocenters. The molecule has 0 saturated heterocycles. The number of thiazole rings is 1. The number of hydrazone groups is 1. The van der Waals surface area contributed by atoms with Crippen molar-refractivity contribution in [3.05, 3.63) is 70.5 Å². The van der Waals surface area contributed by atoms with Crippen LogP contribution in [-0.2, 0) is 0 Å². The Labute approximate surface area is 164 Å². The first-order chi connectivity index (χ1) is 13.6. The predicted octanol–water partition coefficient (Wildman–Crippen LogP) is 3.61. The first-order valence-corrected chi connectivity index (χ1v) is 8.91. The first-order valence-electron chi connectivity index (χ1n) is 8.09. The van der Waals surface area contributed by atoms with Crippen LogP contribution in [0.15, 0.2) is 69.9 Å². The van der Waals surface area contributed by atoms with Gasteiger partial charge < -0.3 is 5.21 Å². The molecule has 0 aliphatic heterocycles. The molecule has 0 fully saturated rings. The third-order valence-corrected chi connectivity index (χ3v) is 4.59. The molecular formula is C18H15N7O2S. The van der Waals surface area contributed by atoms with Gasteiger partial charge in [0.15, 0.2) is 21.4 Å². The predicted molar refractivity (Wildman–Crippen MR) is 105 cm³/mol. The molecule has 28 heavy (non-hydrogen) atoms. The average molecular weight is 393 g/mol.